The highest BCUT2D eigenvalue weighted by atomic mass is 35.5. The van der Waals surface area contributed by atoms with Crippen molar-refractivity contribution in [3.8, 4) is 0 Å². The first kappa shape index (κ1) is 16.3. The SMILES string of the molecule is CCN(CC)c1nc(Cl)nc(N(C)C2CCCCC2C)n1. The summed E-state index contributed by atoms with van der Waals surface area (Å²) in [5.41, 5.74) is 0. The summed E-state index contributed by atoms with van der Waals surface area (Å²) in [7, 11) is 2.07. The van der Waals surface area contributed by atoms with Gasteiger partial charge in [-0.05, 0) is 44.2 Å². The minimum atomic E-state index is 0.275. The molecule has 0 radical (unpaired) electrons. The molecular formula is C15H26ClN5. The standard InChI is InChI=1S/C15H26ClN5/c1-5-21(6-2)15-18-13(16)17-14(19-15)20(4)12-10-8-7-9-11(12)3/h11-12H,5-10H2,1-4H3. The highest BCUT2D eigenvalue weighted by Gasteiger charge is 2.27. The molecule has 1 fully saturated rings. The van der Waals surface area contributed by atoms with Gasteiger partial charge in [0.2, 0.25) is 17.2 Å². The molecule has 0 aliphatic heterocycles. The van der Waals surface area contributed by atoms with Gasteiger partial charge in [-0.15, -0.1) is 0 Å². The van der Waals surface area contributed by atoms with Gasteiger partial charge < -0.3 is 9.80 Å². The van der Waals surface area contributed by atoms with Crippen LogP contribution in [0.5, 0.6) is 0 Å². The van der Waals surface area contributed by atoms with Gasteiger partial charge in [0.15, 0.2) is 0 Å². The zero-order chi connectivity index (χ0) is 15.4. The third-order valence-electron chi connectivity index (χ3n) is 4.51. The van der Waals surface area contributed by atoms with E-state index in [-0.39, 0.29) is 5.28 Å². The Bertz CT molecular complexity index is 463. The molecule has 0 N–H and O–H groups in total. The fraction of sp³-hybridized carbons (Fsp3) is 0.800. The number of rotatable bonds is 5. The van der Waals surface area contributed by atoms with Gasteiger partial charge in [-0.1, -0.05) is 19.8 Å². The second-order valence-electron chi connectivity index (χ2n) is 5.82. The Balaban J connectivity index is 2.25. The summed E-state index contributed by atoms with van der Waals surface area (Å²) in [5.74, 6) is 2.03. The first-order chi connectivity index (χ1) is 10.1. The summed E-state index contributed by atoms with van der Waals surface area (Å²) < 4.78 is 0. The maximum Gasteiger partial charge on any atom is 0.231 e. The molecule has 0 bridgehead atoms. The Hall–Kier alpha value is -1.10. The first-order valence-corrected chi connectivity index (χ1v) is 8.34. The molecule has 0 saturated heterocycles. The van der Waals surface area contributed by atoms with Crippen LogP contribution in [0, 0.1) is 5.92 Å². The van der Waals surface area contributed by atoms with Gasteiger partial charge in [0, 0.05) is 26.2 Å². The Labute approximate surface area is 132 Å². The van der Waals surface area contributed by atoms with E-state index in [0.717, 1.165) is 13.1 Å². The van der Waals surface area contributed by atoms with E-state index in [2.05, 4.69) is 52.6 Å². The Morgan fingerprint density at radius 2 is 1.67 bits per heavy atom. The minimum Gasteiger partial charge on any atom is -0.341 e. The largest absolute Gasteiger partial charge is 0.341 e. The van der Waals surface area contributed by atoms with Crippen LogP contribution in [0.3, 0.4) is 0 Å². The molecule has 2 unspecified atom stereocenters. The average molecular weight is 312 g/mol. The maximum absolute atomic E-state index is 6.11. The molecule has 1 aromatic heterocycles. The number of anilines is 2. The highest BCUT2D eigenvalue weighted by molar-refractivity contribution is 6.28. The molecule has 1 heterocycles. The third-order valence-corrected chi connectivity index (χ3v) is 4.68. The summed E-state index contributed by atoms with van der Waals surface area (Å²) >= 11 is 6.11. The molecule has 0 amide bonds. The van der Waals surface area contributed by atoms with Crippen LogP contribution in [0.1, 0.15) is 46.5 Å². The smallest absolute Gasteiger partial charge is 0.231 e. The molecule has 2 atom stereocenters. The van der Waals surface area contributed by atoms with Crippen LogP contribution in [-0.4, -0.2) is 41.1 Å². The summed E-state index contributed by atoms with van der Waals surface area (Å²) in [5, 5.41) is 0.275. The molecule has 118 valence electrons. The molecule has 6 heteroatoms. The van der Waals surface area contributed by atoms with Crippen LogP contribution >= 0.6 is 11.6 Å². The molecular weight excluding hydrogens is 286 g/mol. The third kappa shape index (κ3) is 3.76. The van der Waals surface area contributed by atoms with Crippen LogP contribution in [-0.2, 0) is 0 Å². The van der Waals surface area contributed by atoms with E-state index >= 15 is 0 Å². The molecule has 1 saturated carbocycles. The van der Waals surface area contributed by atoms with Crippen molar-refractivity contribution in [3.63, 3.8) is 0 Å². The molecule has 0 aromatic carbocycles. The fourth-order valence-electron chi connectivity index (χ4n) is 3.16. The molecule has 0 spiro atoms. The lowest BCUT2D eigenvalue weighted by Crippen LogP contribution is -2.40. The van der Waals surface area contributed by atoms with E-state index in [0.29, 0.717) is 23.9 Å². The quantitative estimate of drug-likeness (QED) is 0.834. The second-order valence-corrected chi connectivity index (χ2v) is 6.15. The van der Waals surface area contributed by atoms with Crippen LogP contribution < -0.4 is 9.80 Å². The predicted octanol–water partition coefficient (Wildman–Crippen LogP) is 3.39. The second kappa shape index (κ2) is 7.25. The normalized spacial score (nSPS) is 22.1. The van der Waals surface area contributed by atoms with E-state index < -0.39 is 0 Å². The van der Waals surface area contributed by atoms with Gasteiger partial charge in [-0.3, -0.25) is 0 Å². The van der Waals surface area contributed by atoms with Crippen molar-refractivity contribution in [1.29, 1.82) is 0 Å². The highest BCUT2D eigenvalue weighted by Crippen LogP contribution is 2.29. The number of aromatic nitrogens is 3. The zero-order valence-corrected chi connectivity index (χ0v) is 14.3. The molecule has 1 aromatic rings. The van der Waals surface area contributed by atoms with Crippen molar-refractivity contribution in [2.45, 2.75) is 52.5 Å². The molecule has 1 aliphatic carbocycles. The van der Waals surface area contributed by atoms with Crippen molar-refractivity contribution < 1.29 is 0 Å². The van der Waals surface area contributed by atoms with Crippen molar-refractivity contribution >= 4 is 23.5 Å². The van der Waals surface area contributed by atoms with Crippen molar-refractivity contribution in [2.24, 2.45) is 5.92 Å². The van der Waals surface area contributed by atoms with E-state index in [1.54, 1.807) is 0 Å². The van der Waals surface area contributed by atoms with Crippen molar-refractivity contribution in [3.05, 3.63) is 5.28 Å². The van der Waals surface area contributed by atoms with Crippen LogP contribution in [0.15, 0.2) is 0 Å². The lowest BCUT2D eigenvalue weighted by atomic mass is 9.85. The summed E-state index contributed by atoms with van der Waals surface area (Å²) in [6, 6.07) is 0.488. The van der Waals surface area contributed by atoms with Crippen molar-refractivity contribution in [2.75, 3.05) is 29.9 Å². The van der Waals surface area contributed by atoms with Crippen LogP contribution in [0.2, 0.25) is 5.28 Å². The number of hydrogen-bond acceptors (Lipinski definition) is 5. The van der Waals surface area contributed by atoms with Gasteiger partial charge in [0.25, 0.3) is 0 Å². The summed E-state index contributed by atoms with van der Waals surface area (Å²) in [6.45, 7) is 8.22. The van der Waals surface area contributed by atoms with Gasteiger partial charge >= 0.3 is 0 Å². The Morgan fingerprint density at radius 3 is 2.29 bits per heavy atom. The lowest BCUT2D eigenvalue weighted by Gasteiger charge is -2.36. The maximum atomic E-state index is 6.11. The molecule has 21 heavy (non-hydrogen) atoms. The Morgan fingerprint density at radius 1 is 1.05 bits per heavy atom. The number of nitrogens with zero attached hydrogens (tertiary/aromatic N) is 5. The molecule has 5 nitrogen and oxygen atoms in total. The van der Waals surface area contributed by atoms with Gasteiger partial charge in [-0.25, -0.2) is 0 Å². The topological polar surface area (TPSA) is 45.2 Å². The zero-order valence-electron chi connectivity index (χ0n) is 13.5. The van der Waals surface area contributed by atoms with Gasteiger partial charge in [-0.2, -0.15) is 15.0 Å². The first-order valence-electron chi connectivity index (χ1n) is 7.96. The molecule has 1 aliphatic rings. The fourth-order valence-corrected chi connectivity index (χ4v) is 3.31. The summed E-state index contributed by atoms with van der Waals surface area (Å²) in [4.78, 5) is 17.5. The van der Waals surface area contributed by atoms with Gasteiger partial charge in [0.05, 0.1) is 0 Å². The number of hydrogen-bond donors (Lipinski definition) is 0. The van der Waals surface area contributed by atoms with Crippen LogP contribution in [0.25, 0.3) is 0 Å². The number of halogens is 1. The van der Waals surface area contributed by atoms with Crippen molar-refractivity contribution in [1.82, 2.24) is 15.0 Å². The molecule has 2 rings (SSSR count). The van der Waals surface area contributed by atoms with Gasteiger partial charge in [0.1, 0.15) is 0 Å². The lowest BCUT2D eigenvalue weighted by molar-refractivity contribution is 0.319. The van der Waals surface area contributed by atoms with E-state index in [4.69, 9.17) is 11.6 Å². The van der Waals surface area contributed by atoms with E-state index in [1.807, 2.05) is 0 Å². The predicted molar refractivity (Wildman–Crippen MR) is 88.2 cm³/mol. The minimum absolute atomic E-state index is 0.275. The van der Waals surface area contributed by atoms with Crippen LogP contribution in [0.4, 0.5) is 11.9 Å². The summed E-state index contributed by atoms with van der Waals surface area (Å²) in [6.07, 6.45) is 5.08. The monoisotopic (exact) mass is 311 g/mol. The Kier molecular flexibility index (Phi) is 5.62. The van der Waals surface area contributed by atoms with E-state index in [9.17, 15) is 0 Å². The average Bonchev–Trinajstić information content (AvgIpc) is 2.48. The van der Waals surface area contributed by atoms with E-state index in [1.165, 1.54) is 25.7 Å².